The third-order valence-corrected chi connectivity index (χ3v) is 5.90. The fourth-order valence-electron chi connectivity index (χ4n) is 4.12. The van der Waals surface area contributed by atoms with Gasteiger partial charge < -0.3 is 15.5 Å². The minimum atomic E-state index is -0.352. The van der Waals surface area contributed by atoms with Crippen LogP contribution in [0.1, 0.15) is 38.5 Å². The van der Waals surface area contributed by atoms with Crippen molar-refractivity contribution in [1.82, 2.24) is 9.88 Å². The Morgan fingerprint density at radius 2 is 2.03 bits per heavy atom. The Hall–Kier alpha value is -2.55. The molecule has 0 amide bonds. The molecule has 1 aliphatic heterocycles. The molecule has 1 aliphatic rings. The van der Waals surface area contributed by atoms with Crippen molar-refractivity contribution in [2.24, 2.45) is 0 Å². The van der Waals surface area contributed by atoms with Crippen LogP contribution in [0.15, 0.2) is 42.7 Å². The van der Waals surface area contributed by atoms with E-state index in [2.05, 4.69) is 15.2 Å². The van der Waals surface area contributed by atoms with E-state index in [-0.39, 0.29) is 29.4 Å². The first-order valence-corrected chi connectivity index (χ1v) is 11.0. The maximum Gasteiger partial charge on any atom is 0.292 e. The number of nitro groups is 1. The molecule has 8 heteroatoms. The van der Waals surface area contributed by atoms with Crippen LogP contribution in [0.3, 0.4) is 0 Å². The average molecular weight is 429 g/mol. The molecular formula is C23H32N4O4. The lowest BCUT2D eigenvalue weighted by molar-refractivity contribution is -0.383. The SMILES string of the molecule is O=[N+]([O-])c1cc(-c2cccnc2)ccc1NCCCCCCN1CCC(O)CC1CO. The Morgan fingerprint density at radius 1 is 1.19 bits per heavy atom. The van der Waals surface area contributed by atoms with Crippen molar-refractivity contribution in [3.05, 3.63) is 52.8 Å². The number of hydrogen-bond acceptors (Lipinski definition) is 7. The molecule has 0 spiro atoms. The maximum absolute atomic E-state index is 11.5. The van der Waals surface area contributed by atoms with E-state index in [0.29, 0.717) is 18.7 Å². The molecule has 31 heavy (non-hydrogen) atoms. The number of unbranched alkanes of at least 4 members (excludes halogenated alkanes) is 3. The fourth-order valence-corrected chi connectivity index (χ4v) is 4.12. The Bertz CT molecular complexity index is 834. The predicted molar refractivity (Wildman–Crippen MR) is 121 cm³/mol. The van der Waals surface area contributed by atoms with E-state index >= 15 is 0 Å². The first-order valence-electron chi connectivity index (χ1n) is 11.0. The van der Waals surface area contributed by atoms with Gasteiger partial charge in [0.25, 0.3) is 5.69 Å². The summed E-state index contributed by atoms with van der Waals surface area (Å²) in [6.07, 6.45) is 8.60. The number of nitrogens with one attached hydrogen (secondary N) is 1. The molecule has 2 unspecified atom stereocenters. The van der Waals surface area contributed by atoms with Gasteiger partial charge in [-0.1, -0.05) is 25.0 Å². The van der Waals surface area contributed by atoms with Crippen LogP contribution in [0, 0.1) is 10.1 Å². The lowest BCUT2D eigenvalue weighted by atomic mass is 9.99. The van der Waals surface area contributed by atoms with E-state index in [1.54, 1.807) is 24.5 Å². The van der Waals surface area contributed by atoms with Crippen molar-refractivity contribution in [3.8, 4) is 11.1 Å². The first-order chi connectivity index (χ1) is 15.1. The molecular weight excluding hydrogens is 396 g/mol. The average Bonchev–Trinajstić information content (AvgIpc) is 2.79. The normalized spacial score (nSPS) is 19.3. The molecule has 1 aromatic heterocycles. The molecule has 0 bridgehead atoms. The zero-order valence-electron chi connectivity index (χ0n) is 17.8. The summed E-state index contributed by atoms with van der Waals surface area (Å²) < 4.78 is 0. The third-order valence-electron chi connectivity index (χ3n) is 5.90. The van der Waals surface area contributed by atoms with Crippen LogP contribution in [-0.2, 0) is 0 Å². The molecule has 8 nitrogen and oxygen atoms in total. The zero-order valence-corrected chi connectivity index (χ0v) is 17.8. The molecule has 2 heterocycles. The number of aliphatic hydroxyl groups excluding tert-OH is 2. The molecule has 3 rings (SSSR count). The van der Waals surface area contributed by atoms with E-state index in [9.17, 15) is 20.3 Å². The monoisotopic (exact) mass is 428 g/mol. The highest BCUT2D eigenvalue weighted by Crippen LogP contribution is 2.30. The summed E-state index contributed by atoms with van der Waals surface area (Å²) in [6, 6.07) is 8.99. The summed E-state index contributed by atoms with van der Waals surface area (Å²) >= 11 is 0. The molecule has 0 aliphatic carbocycles. The molecule has 168 valence electrons. The largest absolute Gasteiger partial charge is 0.395 e. The number of likely N-dealkylation sites (tertiary alicyclic amines) is 1. The van der Waals surface area contributed by atoms with E-state index in [4.69, 9.17) is 0 Å². The molecule has 2 aromatic rings. The number of piperidine rings is 1. The molecule has 2 atom stereocenters. The van der Waals surface area contributed by atoms with Gasteiger partial charge >= 0.3 is 0 Å². The van der Waals surface area contributed by atoms with Gasteiger partial charge in [-0.3, -0.25) is 20.0 Å². The topological polar surface area (TPSA) is 112 Å². The summed E-state index contributed by atoms with van der Waals surface area (Å²) in [7, 11) is 0. The van der Waals surface area contributed by atoms with Crippen LogP contribution in [0.25, 0.3) is 11.1 Å². The van der Waals surface area contributed by atoms with Crippen LogP contribution in [0.5, 0.6) is 0 Å². The van der Waals surface area contributed by atoms with Gasteiger partial charge in [-0.2, -0.15) is 0 Å². The molecule has 1 aromatic carbocycles. The van der Waals surface area contributed by atoms with E-state index in [1.807, 2.05) is 18.2 Å². The molecule has 0 saturated carbocycles. The Balaban J connectivity index is 1.41. The van der Waals surface area contributed by atoms with Gasteiger partial charge in [-0.15, -0.1) is 0 Å². The van der Waals surface area contributed by atoms with Crippen molar-refractivity contribution in [2.45, 2.75) is 50.7 Å². The van der Waals surface area contributed by atoms with Gasteiger partial charge in [0.15, 0.2) is 0 Å². The predicted octanol–water partition coefficient (Wildman–Crippen LogP) is 3.45. The molecule has 3 N–H and O–H groups in total. The van der Waals surface area contributed by atoms with Crippen molar-refractivity contribution < 1.29 is 15.1 Å². The second-order valence-electron chi connectivity index (χ2n) is 8.12. The fraction of sp³-hybridized carbons (Fsp3) is 0.522. The third kappa shape index (κ3) is 6.72. The highest BCUT2D eigenvalue weighted by Gasteiger charge is 2.26. The van der Waals surface area contributed by atoms with E-state index in [0.717, 1.165) is 56.3 Å². The van der Waals surface area contributed by atoms with Crippen LogP contribution in [-0.4, -0.2) is 63.4 Å². The summed E-state index contributed by atoms with van der Waals surface area (Å²) in [5, 5.41) is 33.9. The number of nitro benzene ring substituents is 1. The number of hydrogen-bond donors (Lipinski definition) is 3. The lowest BCUT2D eigenvalue weighted by Crippen LogP contribution is -2.46. The van der Waals surface area contributed by atoms with Gasteiger partial charge in [-0.05, 0) is 49.9 Å². The number of aliphatic hydroxyl groups is 2. The smallest absolute Gasteiger partial charge is 0.292 e. The van der Waals surface area contributed by atoms with Crippen molar-refractivity contribution in [3.63, 3.8) is 0 Å². The summed E-state index contributed by atoms with van der Waals surface area (Å²) in [4.78, 5) is 17.5. The summed E-state index contributed by atoms with van der Waals surface area (Å²) in [6.45, 7) is 2.56. The number of pyridine rings is 1. The quantitative estimate of drug-likeness (QED) is 0.285. The van der Waals surface area contributed by atoms with E-state index < -0.39 is 0 Å². The Morgan fingerprint density at radius 3 is 2.77 bits per heavy atom. The Labute approximate surface area is 183 Å². The highest BCUT2D eigenvalue weighted by atomic mass is 16.6. The standard InChI is InChI=1S/C23H32N4O4/c28-17-20-15-21(29)9-13-26(20)12-4-2-1-3-11-25-22-8-7-18(14-23(22)27(30)31)19-6-5-10-24-16-19/h5-8,10,14,16,20-21,25,28-29H,1-4,9,11-13,15,17H2. The minimum absolute atomic E-state index is 0.0700. The number of rotatable bonds is 11. The molecule has 1 fully saturated rings. The maximum atomic E-state index is 11.5. The van der Waals surface area contributed by atoms with Gasteiger partial charge in [0.05, 0.1) is 17.6 Å². The van der Waals surface area contributed by atoms with Crippen molar-refractivity contribution in [2.75, 3.05) is 31.6 Å². The van der Waals surface area contributed by atoms with Crippen molar-refractivity contribution >= 4 is 11.4 Å². The molecule has 0 radical (unpaired) electrons. The zero-order chi connectivity index (χ0) is 22.1. The van der Waals surface area contributed by atoms with Crippen LogP contribution < -0.4 is 5.32 Å². The number of aromatic nitrogens is 1. The first kappa shape index (κ1) is 23.1. The van der Waals surface area contributed by atoms with Crippen LogP contribution in [0.4, 0.5) is 11.4 Å². The molecule has 1 saturated heterocycles. The van der Waals surface area contributed by atoms with Crippen LogP contribution >= 0.6 is 0 Å². The van der Waals surface area contributed by atoms with Crippen LogP contribution in [0.2, 0.25) is 0 Å². The lowest BCUT2D eigenvalue weighted by Gasteiger charge is -2.36. The summed E-state index contributed by atoms with van der Waals surface area (Å²) in [5.74, 6) is 0. The minimum Gasteiger partial charge on any atom is -0.395 e. The van der Waals surface area contributed by atoms with E-state index in [1.165, 1.54) is 0 Å². The Kier molecular flexibility index (Phi) is 8.75. The number of benzene rings is 1. The number of nitrogens with zero attached hydrogens (tertiary/aromatic N) is 3. The highest BCUT2D eigenvalue weighted by molar-refractivity contribution is 5.73. The van der Waals surface area contributed by atoms with Gasteiger partial charge in [0, 0.05) is 43.2 Å². The van der Waals surface area contributed by atoms with Crippen molar-refractivity contribution in [1.29, 1.82) is 0 Å². The van der Waals surface area contributed by atoms with Gasteiger partial charge in [0.1, 0.15) is 5.69 Å². The van der Waals surface area contributed by atoms with Gasteiger partial charge in [0.2, 0.25) is 0 Å². The van der Waals surface area contributed by atoms with Gasteiger partial charge in [-0.25, -0.2) is 0 Å². The summed E-state index contributed by atoms with van der Waals surface area (Å²) in [5.41, 5.74) is 2.24. The number of anilines is 1. The second kappa shape index (κ2) is 11.7. The second-order valence-corrected chi connectivity index (χ2v) is 8.12.